The second kappa shape index (κ2) is 5.99. The molecule has 26 heavy (non-hydrogen) atoms. The van der Waals surface area contributed by atoms with Crippen molar-refractivity contribution < 1.29 is 4.74 Å². The average Bonchev–Trinajstić information content (AvgIpc) is 2.91. The lowest BCUT2D eigenvalue weighted by Crippen LogP contribution is -2.39. The molecule has 1 aliphatic rings. The molecule has 0 radical (unpaired) electrons. The molecule has 2 aromatic heterocycles. The van der Waals surface area contributed by atoms with Gasteiger partial charge in [0.25, 0.3) is 0 Å². The number of fused-ring (bicyclic) bond motifs is 4. The van der Waals surface area contributed by atoms with Gasteiger partial charge in [0.1, 0.15) is 12.4 Å². The molecule has 0 bridgehead atoms. The van der Waals surface area contributed by atoms with Gasteiger partial charge in [0.05, 0.1) is 11.0 Å². The van der Waals surface area contributed by atoms with Crippen LogP contribution in [0.15, 0.2) is 42.7 Å². The van der Waals surface area contributed by atoms with E-state index in [0.717, 1.165) is 18.9 Å². The van der Waals surface area contributed by atoms with E-state index in [4.69, 9.17) is 4.74 Å². The van der Waals surface area contributed by atoms with Gasteiger partial charge in [0.15, 0.2) is 0 Å². The van der Waals surface area contributed by atoms with E-state index in [1.54, 1.807) is 0 Å². The average molecular weight is 345 g/mol. The number of ether oxygens (including phenoxy) is 1. The molecule has 0 N–H and O–H groups in total. The summed E-state index contributed by atoms with van der Waals surface area (Å²) in [6.07, 6.45) is 5.14. The number of pyridine rings is 1. The minimum atomic E-state index is 0.742. The van der Waals surface area contributed by atoms with Gasteiger partial charge in [-0.15, -0.1) is 0 Å². The largest absolute Gasteiger partial charge is 0.490 e. The van der Waals surface area contributed by atoms with Crippen LogP contribution in [0.5, 0.6) is 5.75 Å². The molecule has 4 nitrogen and oxygen atoms in total. The molecule has 0 atom stereocenters. The van der Waals surface area contributed by atoms with Gasteiger partial charge in [-0.25, -0.2) is 0 Å². The summed E-state index contributed by atoms with van der Waals surface area (Å²) in [6, 6.07) is 10.8. The van der Waals surface area contributed by atoms with E-state index in [-0.39, 0.29) is 0 Å². The van der Waals surface area contributed by atoms with Crippen LogP contribution in [0.3, 0.4) is 0 Å². The first-order valence-corrected chi connectivity index (χ1v) is 9.33. The van der Waals surface area contributed by atoms with Crippen LogP contribution in [-0.2, 0) is 7.05 Å². The Hall–Kier alpha value is -2.59. The van der Waals surface area contributed by atoms with Crippen molar-refractivity contribution in [2.75, 3.05) is 26.2 Å². The summed E-state index contributed by atoms with van der Waals surface area (Å²) in [7, 11) is 2.15. The van der Waals surface area contributed by atoms with Gasteiger partial charge in [-0.05, 0) is 55.6 Å². The van der Waals surface area contributed by atoms with Gasteiger partial charge in [0.2, 0.25) is 0 Å². The Balaban J connectivity index is 1.67. The maximum atomic E-state index is 6.20. The molecule has 1 fully saturated rings. The van der Waals surface area contributed by atoms with E-state index in [1.807, 2.05) is 12.4 Å². The van der Waals surface area contributed by atoms with Crippen LogP contribution in [0.1, 0.15) is 12.0 Å². The molecule has 0 saturated carbocycles. The molecule has 5 rings (SSSR count). The van der Waals surface area contributed by atoms with Crippen LogP contribution in [0.25, 0.3) is 32.6 Å². The Morgan fingerprint density at radius 2 is 1.96 bits per heavy atom. The topological polar surface area (TPSA) is 30.3 Å². The molecule has 0 spiro atoms. The molecule has 132 valence electrons. The lowest BCUT2D eigenvalue weighted by Gasteiger charge is -2.30. The number of para-hydroxylation sites is 1. The van der Waals surface area contributed by atoms with E-state index < -0.39 is 0 Å². The van der Waals surface area contributed by atoms with Crippen molar-refractivity contribution in [3.63, 3.8) is 0 Å². The summed E-state index contributed by atoms with van der Waals surface area (Å²) in [5.74, 6) is 0.975. The second-order valence-electron chi connectivity index (χ2n) is 7.25. The molecule has 1 saturated heterocycles. The van der Waals surface area contributed by atoms with Gasteiger partial charge in [-0.1, -0.05) is 12.1 Å². The molecule has 0 amide bonds. The first-order chi connectivity index (χ1) is 12.7. The third-order valence-corrected chi connectivity index (χ3v) is 5.74. The second-order valence-corrected chi connectivity index (χ2v) is 7.25. The van der Waals surface area contributed by atoms with Crippen molar-refractivity contribution in [3.05, 3.63) is 48.3 Å². The molecule has 0 aliphatic carbocycles. The van der Waals surface area contributed by atoms with E-state index in [0.29, 0.717) is 0 Å². The summed E-state index contributed by atoms with van der Waals surface area (Å²) >= 11 is 0. The Morgan fingerprint density at radius 3 is 2.77 bits per heavy atom. The predicted molar refractivity (Wildman–Crippen MR) is 107 cm³/mol. The molecule has 3 heterocycles. The van der Waals surface area contributed by atoms with Crippen LogP contribution in [-0.4, -0.2) is 40.7 Å². The van der Waals surface area contributed by atoms with Crippen LogP contribution in [0, 0.1) is 6.92 Å². The van der Waals surface area contributed by atoms with Gasteiger partial charge in [-0.2, -0.15) is 0 Å². The summed E-state index contributed by atoms with van der Waals surface area (Å²) in [5, 5.41) is 4.97. The van der Waals surface area contributed by atoms with Crippen molar-refractivity contribution >= 4 is 32.6 Å². The molecule has 0 unspecified atom stereocenters. The van der Waals surface area contributed by atoms with Crippen molar-refractivity contribution in [1.29, 1.82) is 0 Å². The van der Waals surface area contributed by atoms with Crippen LogP contribution in [0.2, 0.25) is 0 Å². The molecule has 2 aromatic carbocycles. The van der Waals surface area contributed by atoms with Crippen molar-refractivity contribution in [3.8, 4) is 5.75 Å². The number of likely N-dealkylation sites (tertiary alicyclic amines) is 1. The van der Waals surface area contributed by atoms with E-state index in [1.165, 1.54) is 57.7 Å². The quantitative estimate of drug-likeness (QED) is 0.553. The lowest BCUT2D eigenvalue weighted by atomic mass is 10.0. The summed E-state index contributed by atoms with van der Waals surface area (Å²) in [6.45, 7) is 6.37. The monoisotopic (exact) mass is 345 g/mol. The number of hydrogen-bond acceptors (Lipinski definition) is 3. The van der Waals surface area contributed by atoms with Crippen LogP contribution in [0.4, 0.5) is 0 Å². The smallest absolute Gasteiger partial charge is 0.143 e. The van der Waals surface area contributed by atoms with Crippen molar-refractivity contribution in [1.82, 2.24) is 14.5 Å². The summed E-state index contributed by atoms with van der Waals surface area (Å²) < 4.78 is 8.49. The van der Waals surface area contributed by atoms with Crippen molar-refractivity contribution in [2.45, 2.75) is 13.3 Å². The number of nitrogens with zero attached hydrogens (tertiary/aromatic N) is 3. The minimum Gasteiger partial charge on any atom is -0.490 e. The van der Waals surface area contributed by atoms with Crippen LogP contribution >= 0.6 is 0 Å². The highest BCUT2D eigenvalue weighted by Gasteiger charge is 2.17. The number of aryl methyl sites for hydroxylation is 2. The normalized spacial score (nSPS) is 15.0. The molecule has 1 aliphatic heterocycles. The van der Waals surface area contributed by atoms with E-state index in [9.17, 15) is 0 Å². The predicted octanol–water partition coefficient (Wildman–Crippen LogP) is 4.27. The zero-order valence-corrected chi connectivity index (χ0v) is 15.3. The first kappa shape index (κ1) is 15.6. The Labute approximate surface area is 153 Å². The Morgan fingerprint density at radius 1 is 1.08 bits per heavy atom. The van der Waals surface area contributed by atoms with Gasteiger partial charge < -0.3 is 9.30 Å². The van der Waals surface area contributed by atoms with E-state index in [2.05, 4.69) is 58.8 Å². The van der Waals surface area contributed by atoms with Gasteiger partial charge in [-0.3, -0.25) is 9.88 Å². The third-order valence-electron chi connectivity index (χ3n) is 5.74. The van der Waals surface area contributed by atoms with Gasteiger partial charge in [0, 0.05) is 42.1 Å². The molecule has 4 heteroatoms. The Kier molecular flexibility index (Phi) is 3.61. The maximum absolute atomic E-state index is 6.20. The first-order valence-electron chi connectivity index (χ1n) is 9.33. The van der Waals surface area contributed by atoms with Crippen molar-refractivity contribution in [2.24, 2.45) is 7.05 Å². The Bertz CT molecular complexity index is 1120. The fourth-order valence-electron chi connectivity index (χ4n) is 4.26. The maximum Gasteiger partial charge on any atom is 0.143 e. The van der Waals surface area contributed by atoms with Crippen LogP contribution < -0.4 is 4.74 Å². The molecular weight excluding hydrogens is 322 g/mol. The number of aromatic nitrogens is 2. The fourth-order valence-corrected chi connectivity index (χ4v) is 4.26. The minimum absolute atomic E-state index is 0.742. The zero-order chi connectivity index (χ0) is 17.7. The number of hydrogen-bond donors (Lipinski definition) is 0. The summed E-state index contributed by atoms with van der Waals surface area (Å²) in [4.78, 5) is 6.74. The standard InChI is InChI=1S/C22H23N3O/c1-15-17-7-8-23-14-16(17)13-19-18-5-3-6-20(22(18)24(2)21(15)19)26-12-11-25-9-4-10-25/h3,5-8,13-14H,4,9-12H2,1-2H3. The molecule has 4 aromatic rings. The zero-order valence-electron chi connectivity index (χ0n) is 15.3. The fraction of sp³-hybridized carbons (Fsp3) is 0.318. The highest BCUT2D eigenvalue weighted by atomic mass is 16.5. The summed E-state index contributed by atoms with van der Waals surface area (Å²) in [5.41, 5.74) is 3.75. The molecular formula is C22H23N3O. The lowest BCUT2D eigenvalue weighted by molar-refractivity contribution is 0.147. The highest BCUT2D eigenvalue weighted by Crippen LogP contribution is 2.38. The number of benzene rings is 2. The highest BCUT2D eigenvalue weighted by molar-refractivity contribution is 6.15. The SMILES string of the molecule is Cc1c2ccncc2cc2c3cccc(OCCN4CCC4)c3n(C)c12. The number of rotatable bonds is 4. The van der Waals surface area contributed by atoms with E-state index >= 15 is 0 Å². The third kappa shape index (κ3) is 2.29. The van der Waals surface area contributed by atoms with Gasteiger partial charge >= 0.3 is 0 Å².